The van der Waals surface area contributed by atoms with Crippen LogP contribution in [0.5, 0.6) is 0 Å². The number of carbonyl (C=O) groups excluding carboxylic acids is 1. The fraction of sp³-hybridized carbons (Fsp3) is 0.250. The third kappa shape index (κ3) is 4.14. The van der Waals surface area contributed by atoms with Crippen LogP contribution >= 0.6 is 11.8 Å². The van der Waals surface area contributed by atoms with E-state index in [-0.39, 0.29) is 11.2 Å². The summed E-state index contributed by atoms with van der Waals surface area (Å²) in [6.07, 6.45) is 0. The van der Waals surface area contributed by atoms with Crippen molar-refractivity contribution in [3.63, 3.8) is 0 Å². The van der Waals surface area contributed by atoms with Crippen molar-refractivity contribution in [3.8, 4) is 5.69 Å². The molecule has 3 rings (SSSR count). The van der Waals surface area contributed by atoms with Crippen LogP contribution in [-0.2, 0) is 11.3 Å². The fourth-order valence-corrected chi connectivity index (χ4v) is 3.78. The third-order valence-electron chi connectivity index (χ3n) is 4.08. The largest absolute Gasteiger partial charge is 0.340 e. The minimum atomic E-state index is -0.255. The summed E-state index contributed by atoms with van der Waals surface area (Å²) in [6.45, 7) is 4.42. The molecule has 1 heterocycles. The first-order valence-corrected chi connectivity index (χ1v) is 9.37. The quantitative estimate of drug-likeness (QED) is 0.624. The second-order valence-electron chi connectivity index (χ2n) is 6.14. The Kier molecular flexibility index (Phi) is 5.73. The molecule has 0 saturated carbocycles. The van der Waals surface area contributed by atoms with Crippen LogP contribution in [0, 0.1) is 6.92 Å². The van der Waals surface area contributed by atoms with E-state index in [1.165, 1.54) is 11.8 Å². The predicted molar refractivity (Wildman–Crippen MR) is 104 cm³/mol. The smallest absolute Gasteiger partial charge is 0.235 e. The summed E-state index contributed by atoms with van der Waals surface area (Å²) in [6, 6.07) is 19.9. The molecule has 0 aliphatic rings. The lowest BCUT2D eigenvalue weighted by atomic mass is 10.2. The SMILES string of the molecule is Cc1nnc(S[C@H](C)C(=O)N(C)Cc2ccccc2)n1-c1ccccc1. The molecule has 6 heteroatoms. The number of hydrogen-bond acceptors (Lipinski definition) is 4. The highest BCUT2D eigenvalue weighted by atomic mass is 32.2. The monoisotopic (exact) mass is 366 g/mol. The van der Waals surface area contributed by atoms with Gasteiger partial charge in [-0.05, 0) is 31.5 Å². The Hall–Kier alpha value is -2.60. The van der Waals surface area contributed by atoms with Gasteiger partial charge in [0.2, 0.25) is 5.91 Å². The van der Waals surface area contributed by atoms with Gasteiger partial charge in [0.1, 0.15) is 5.82 Å². The van der Waals surface area contributed by atoms with Gasteiger partial charge >= 0.3 is 0 Å². The number of para-hydroxylation sites is 1. The number of rotatable bonds is 6. The minimum absolute atomic E-state index is 0.0686. The molecule has 134 valence electrons. The van der Waals surface area contributed by atoms with Crippen molar-refractivity contribution in [2.24, 2.45) is 0 Å². The molecule has 0 unspecified atom stereocenters. The van der Waals surface area contributed by atoms with Crippen molar-refractivity contribution in [1.29, 1.82) is 0 Å². The van der Waals surface area contributed by atoms with E-state index in [2.05, 4.69) is 10.2 Å². The average Bonchev–Trinajstić information content (AvgIpc) is 3.02. The van der Waals surface area contributed by atoms with Crippen molar-refractivity contribution in [2.45, 2.75) is 30.8 Å². The van der Waals surface area contributed by atoms with Crippen LogP contribution in [0.3, 0.4) is 0 Å². The van der Waals surface area contributed by atoms with Crippen LogP contribution in [0.1, 0.15) is 18.3 Å². The van der Waals surface area contributed by atoms with Gasteiger partial charge in [0.15, 0.2) is 5.16 Å². The number of amides is 1. The van der Waals surface area contributed by atoms with Crippen molar-refractivity contribution >= 4 is 17.7 Å². The van der Waals surface area contributed by atoms with Gasteiger partial charge in [0, 0.05) is 19.3 Å². The van der Waals surface area contributed by atoms with E-state index in [0.717, 1.165) is 22.2 Å². The molecular formula is C20H22N4OS. The van der Waals surface area contributed by atoms with Crippen LogP contribution in [0.4, 0.5) is 0 Å². The van der Waals surface area contributed by atoms with Crippen LogP contribution in [0.15, 0.2) is 65.8 Å². The second kappa shape index (κ2) is 8.19. The van der Waals surface area contributed by atoms with E-state index in [1.54, 1.807) is 4.90 Å². The van der Waals surface area contributed by atoms with Gasteiger partial charge in [-0.3, -0.25) is 9.36 Å². The molecule has 3 aromatic rings. The average molecular weight is 366 g/mol. The summed E-state index contributed by atoms with van der Waals surface area (Å²) in [5.74, 6) is 0.870. The summed E-state index contributed by atoms with van der Waals surface area (Å²) in [7, 11) is 1.83. The number of nitrogens with zero attached hydrogens (tertiary/aromatic N) is 4. The maximum atomic E-state index is 12.8. The lowest BCUT2D eigenvalue weighted by Gasteiger charge is -2.21. The van der Waals surface area contributed by atoms with E-state index in [4.69, 9.17) is 0 Å². The molecule has 1 amide bonds. The van der Waals surface area contributed by atoms with E-state index in [9.17, 15) is 4.79 Å². The first kappa shape index (κ1) is 18.2. The zero-order chi connectivity index (χ0) is 18.5. The molecule has 0 aliphatic heterocycles. The molecule has 5 nitrogen and oxygen atoms in total. The number of carbonyl (C=O) groups is 1. The van der Waals surface area contributed by atoms with E-state index in [1.807, 2.05) is 86.1 Å². The third-order valence-corrected chi connectivity index (χ3v) is 5.11. The van der Waals surface area contributed by atoms with E-state index in [0.29, 0.717) is 6.54 Å². The predicted octanol–water partition coefficient (Wildman–Crippen LogP) is 3.71. The summed E-state index contributed by atoms with van der Waals surface area (Å²) in [5.41, 5.74) is 2.11. The Morgan fingerprint density at radius 1 is 1.08 bits per heavy atom. The highest BCUT2D eigenvalue weighted by Gasteiger charge is 2.22. The molecule has 0 spiro atoms. The van der Waals surface area contributed by atoms with Gasteiger partial charge in [-0.25, -0.2) is 0 Å². The topological polar surface area (TPSA) is 51.0 Å². The molecular weight excluding hydrogens is 344 g/mol. The van der Waals surface area contributed by atoms with Gasteiger partial charge in [0.05, 0.1) is 5.25 Å². The number of aromatic nitrogens is 3. The van der Waals surface area contributed by atoms with Crippen LogP contribution < -0.4 is 0 Å². The summed E-state index contributed by atoms with van der Waals surface area (Å²) in [4.78, 5) is 14.5. The number of aryl methyl sites for hydroxylation is 1. The maximum absolute atomic E-state index is 12.8. The minimum Gasteiger partial charge on any atom is -0.340 e. The normalized spacial score (nSPS) is 12.0. The highest BCUT2D eigenvalue weighted by Crippen LogP contribution is 2.26. The van der Waals surface area contributed by atoms with Gasteiger partial charge in [-0.15, -0.1) is 10.2 Å². The Morgan fingerprint density at radius 3 is 2.35 bits per heavy atom. The maximum Gasteiger partial charge on any atom is 0.235 e. The molecule has 0 N–H and O–H groups in total. The van der Waals surface area contributed by atoms with Crippen molar-refractivity contribution < 1.29 is 4.79 Å². The summed E-state index contributed by atoms with van der Waals surface area (Å²) < 4.78 is 1.98. The van der Waals surface area contributed by atoms with Crippen LogP contribution in [0.25, 0.3) is 5.69 Å². The lowest BCUT2D eigenvalue weighted by Crippen LogP contribution is -2.32. The molecule has 0 radical (unpaired) electrons. The first-order chi connectivity index (χ1) is 12.6. The fourth-order valence-electron chi connectivity index (χ4n) is 2.75. The molecule has 26 heavy (non-hydrogen) atoms. The van der Waals surface area contributed by atoms with Crippen molar-refractivity contribution in [2.75, 3.05) is 7.05 Å². The Morgan fingerprint density at radius 2 is 1.69 bits per heavy atom. The standard InChI is InChI=1S/C20H22N4OS/c1-15(19(25)23(3)14-17-10-6-4-7-11-17)26-20-22-21-16(2)24(20)18-12-8-5-9-13-18/h4-13,15H,14H2,1-3H3/t15-/m1/s1. The summed E-state index contributed by atoms with van der Waals surface area (Å²) in [5, 5.41) is 8.92. The van der Waals surface area contributed by atoms with Gasteiger partial charge < -0.3 is 4.90 Å². The summed E-state index contributed by atoms with van der Waals surface area (Å²) >= 11 is 1.43. The number of benzene rings is 2. The molecule has 1 atom stereocenters. The Balaban J connectivity index is 1.72. The first-order valence-electron chi connectivity index (χ1n) is 8.49. The van der Waals surface area contributed by atoms with E-state index >= 15 is 0 Å². The van der Waals surface area contributed by atoms with Crippen molar-refractivity contribution in [1.82, 2.24) is 19.7 Å². The number of thioether (sulfide) groups is 1. The molecule has 0 bridgehead atoms. The molecule has 2 aromatic carbocycles. The Bertz CT molecular complexity index is 864. The lowest BCUT2D eigenvalue weighted by molar-refractivity contribution is -0.129. The zero-order valence-electron chi connectivity index (χ0n) is 15.2. The van der Waals surface area contributed by atoms with Crippen molar-refractivity contribution in [3.05, 3.63) is 72.1 Å². The second-order valence-corrected chi connectivity index (χ2v) is 7.45. The van der Waals surface area contributed by atoms with E-state index < -0.39 is 0 Å². The molecule has 0 fully saturated rings. The Labute approximate surface area is 158 Å². The van der Waals surface area contributed by atoms with Gasteiger partial charge in [-0.2, -0.15) is 0 Å². The van der Waals surface area contributed by atoms with Gasteiger partial charge in [-0.1, -0.05) is 60.3 Å². The molecule has 1 aromatic heterocycles. The number of hydrogen-bond donors (Lipinski definition) is 0. The molecule has 0 aliphatic carbocycles. The highest BCUT2D eigenvalue weighted by molar-refractivity contribution is 8.00. The van der Waals surface area contributed by atoms with Gasteiger partial charge in [0.25, 0.3) is 0 Å². The zero-order valence-corrected chi connectivity index (χ0v) is 16.0. The molecule has 0 saturated heterocycles. The van der Waals surface area contributed by atoms with Crippen LogP contribution in [-0.4, -0.2) is 37.9 Å². The van der Waals surface area contributed by atoms with Crippen LogP contribution in [0.2, 0.25) is 0 Å².